The number of rotatable bonds is 8. The predicted molar refractivity (Wildman–Crippen MR) is 116 cm³/mol. The molecule has 0 radical (unpaired) electrons. The van der Waals surface area contributed by atoms with Crippen LogP contribution in [0.2, 0.25) is 0 Å². The Kier molecular flexibility index (Phi) is 8.26. The van der Waals surface area contributed by atoms with E-state index in [2.05, 4.69) is 25.5 Å². The van der Waals surface area contributed by atoms with Gasteiger partial charge < -0.3 is 25.4 Å². The van der Waals surface area contributed by atoms with Gasteiger partial charge in [-0.15, -0.1) is 0 Å². The highest BCUT2D eigenvalue weighted by atomic mass is 19.1. The molecule has 2 heterocycles. The third-order valence-corrected chi connectivity index (χ3v) is 4.87. The van der Waals surface area contributed by atoms with Crippen LogP contribution in [0.5, 0.6) is 5.75 Å². The summed E-state index contributed by atoms with van der Waals surface area (Å²) >= 11 is 0. The van der Waals surface area contributed by atoms with E-state index in [1.54, 1.807) is 0 Å². The lowest BCUT2D eigenvalue weighted by Gasteiger charge is -2.33. The number of aromatic nitrogens is 1. The predicted octanol–water partition coefficient (Wildman–Crippen LogP) is 2.18. The molecule has 162 valence electrons. The lowest BCUT2D eigenvalue weighted by atomic mass is 10.1. The van der Waals surface area contributed by atoms with Crippen molar-refractivity contribution in [1.82, 2.24) is 15.6 Å². The van der Waals surface area contributed by atoms with Gasteiger partial charge in [0.05, 0.1) is 6.54 Å². The normalized spacial score (nSPS) is 16.2. The third-order valence-electron chi connectivity index (χ3n) is 4.87. The Hall–Kier alpha value is -2.87. The van der Waals surface area contributed by atoms with Crippen LogP contribution >= 0.6 is 0 Å². The SMILES string of the molecule is CCNC(=NCC(O)COc1ccc(F)cc1)NC1CCN(c2ccccn2)CC1. The molecule has 2 aromatic rings. The van der Waals surface area contributed by atoms with E-state index in [1.807, 2.05) is 31.3 Å². The molecule has 3 N–H and O–H groups in total. The van der Waals surface area contributed by atoms with Crippen LogP contribution in [0.1, 0.15) is 19.8 Å². The minimum Gasteiger partial charge on any atom is -0.491 e. The Bertz CT molecular complexity index is 780. The molecule has 1 atom stereocenters. The molecule has 0 spiro atoms. The summed E-state index contributed by atoms with van der Waals surface area (Å²) in [5.74, 6) is 1.90. The van der Waals surface area contributed by atoms with Gasteiger partial charge in [0.15, 0.2) is 5.96 Å². The summed E-state index contributed by atoms with van der Waals surface area (Å²) in [4.78, 5) is 11.2. The highest BCUT2D eigenvalue weighted by Gasteiger charge is 2.20. The maximum atomic E-state index is 12.9. The van der Waals surface area contributed by atoms with Crippen LogP contribution < -0.4 is 20.3 Å². The van der Waals surface area contributed by atoms with E-state index in [9.17, 15) is 9.50 Å². The molecule has 7 nitrogen and oxygen atoms in total. The summed E-state index contributed by atoms with van der Waals surface area (Å²) in [6.45, 7) is 4.92. The van der Waals surface area contributed by atoms with Crippen molar-refractivity contribution in [2.24, 2.45) is 4.99 Å². The maximum absolute atomic E-state index is 12.9. The molecule has 0 amide bonds. The number of pyridine rings is 1. The van der Waals surface area contributed by atoms with Crippen LogP contribution in [0.3, 0.4) is 0 Å². The minimum absolute atomic E-state index is 0.0942. The summed E-state index contributed by atoms with van der Waals surface area (Å²) in [5, 5.41) is 16.9. The molecule has 0 bridgehead atoms. The molecule has 0 aliphatic carbocycles. The molecular weight excluding hydrogens is 385 g/mol. The zero-order valence-corrected chi connectivity index (χ0v) is 17.3. The molecule has 1 aliphatic rings. The molecule has 1 aromatic heterocycles. The second kappa shape index (κ2) is 11.3. The molecule has 1 aromatic carbocycles. The van der Waals surface area contributed by atoms with Crippen LogP contribution in [-0.4, -0.2) is 61.0 Å². The highest BCUT2D eigenvalue weighted by molar-refractivity contribution is 5.80. The van der Waals surface area contributed by atoms with E-state index in [4.69, 9.17) is 4.74 Å². The molecular formula is C22H30FN5O2. The zero-order chi connectivity index (χ0) is 21.2. The van der Waals surface area contributed by atoms with Gasteiger partial charge in [0.25, 0.3) is 0 Å². The third kappa shape index (κ3) is 6.88. The number of guanidine groups is 1. The molecule has 3 rings (SSSR count). The number of aliphatic hydroxyl groups is 1. The molecule has 0 saturated carbocycles. The first-order valence-corrected chi connectivity index (χ1v) is 10.4. The van der Waals surface area contributed by atoms with Gasteiger partial charge in [-0.2, -0.15) is 0 Å². The first-order chi connectivity index (χ1) is 14.6. The van der Waals surface area contributed by atoms with Crippen molar-refractivity contribution >= 4 is 11.8 Å². The average Bonchev–Trinajstić information content (AvgIpc) is 2.78. The van der Waals surface area contributed by atoms with Crippen molar-refractivity contribution in [3.8, 4) is 5.75 Å². The Morgan fingerprint density at radius 2 is 2.03 bits per heavy atom. The van der Waals surface area contributed by atoms with Gasteiger partial charge >= 0.3 is 0 Å². The van der Waals surface area contributed by atoms with Crippen molar-refractivity contribution in [1.29, 1.82) is 0 Å². The lowest BCUT2D eigenvalue weighted by Crippen LogP contribution is -2.49. The molecule has 1 fully saturated rings. The van der Waals surface area contributed by atoms with Gasteiger partial charge in [0, 0.05) is 31.9 Å². The van der Waals surface area contributed by atoms with E-state index in [1.165, 1.54) is 24.3 Å². The molecule has 8 heteroatoms. The Morgan fingerprint density at radius 3 is 2.70 bits per heavy atom. The van der Waals surface area contributed by atoms with Crippen LogP contribution in [0.4, 0.5) is 10.2 Å². The number of benzene rings is 1. The summed E-state index contributed by atoms with van der Waals surface area (Å²) in [7, 11) is 0. The van der Waals surface area contributed by atoms with E-state index in [-0.39, 0.29) is 19.0 Å². The van der Waals surface area contributed by atoms with Crippen molar-refractivity contribution in [2.75, 3.05) is 37.7 Å². The van der Waals surface area contributed by atoms with E-state index >= 15 is 0 Å². The maximum Gasteiger partial charge on any atom is 0.191 e. The quantitative estimate of drug-likeness (QED) is 0.453. The highest BCUT2D eigenvalue weighted by Crippen LogP contribution is 2.17. The van der Waals surface area contributed by atoms with E-state index < -0.39 is 6.10 Å². The summed E-state index contributed by atoms with van der Waals surface area (Å²) in [6, 6.07) is 12.0. The molecule has 30 heavy (non-hydrogen) atoms. The number of hydrogen-bond donors (Lipinski definition) is 3. The number of hydrogen-bond acceptors (Lipinski definition) is 5. The van der Waals surface area contributed by atoms with Gasteiger partial charge in [0.2, 0.25) is 0 Å². The van der Waals surface area contributed by atoms with Crippen LogP contribution in [0, 0.1) is 5.82 Å². The summed E-state index contributed by atoms with van der Waals surface area (Å²) < 4.78 is 18.4. The van der Waals surface area contributed by atoms with Gasteiger partial charge in [0.1, 0.15) is 30.1 Å². The van der Waals surface area contributed by atoms with Gasteiger partial charge in [-0.25, -0.2) is 9.37 Å². The lowest BCUT2D eigenvalue weighted by molar-refractivity contribution is 0.114. The fraction of sp³-hybridized carbons (Fsp3) is 0.455. The number of anilines is 1. The van der Waals surface area contributed by atoms with Crippen molar-refractivity contribution in [3.63, 3.8) is 0 Å². The zero-order valence-electron chi connectivity index (χ0n) is 17.3. The van der Waals surface area contributed by atoms with Crippen LogP contribution in [0.15, 0.2) is 53.7 Å². The first-order valence-electron chi connectivity index (χ1n) is 10.4. The molecule has 1 aliphatic heterocycles. The fourth-order valence-electron chi connectivity index (χ4n) is 3.28. The number of nitrogens with one attached hydrogen (secondary N) is 2. The van der Waals surface area contributed by atoms with Crippen molar-refractivity contribution in [2.45, 2.75) is 31.9 Å². The number of piperidine rings is 1. The molecule has 1 unspecified atom stereocenters. The van der Waals surface area contributed by atoms with Crippen LogP contribution in [-0.2, 0) is 0 Å². The Labute approximate surface area is 177 Å². The number of aliphatic imine (C=N–C) groups is 1. The summed E-state index contributed by atoms with van der Waals surface area (Å²) in [6.07, 6.45) is 3.03. The monoisotopic (exact) mass is 415 g/mol. The fourth-order valence-corrected chi connectivity index (χ4v) is 3.28. The number of aliphatic hydroxyl groups excluding tert-OH is 1. The largest absolute Gasteiger partial charge is 0.491 e. The summed E-state index contributed by atoms with van der Waals surface area (Å²) in [5.41, 5.74) is 0. The van der Waals surface area contributed by atoms with Gasteiger partial charge in [-0.05, 0) is 56.2 Å². The smallest absolute Gasteiger partial charge is 0.191 e. The van der Waals surface area contributed by atoms with Crippen molar-refractivity contribution < 1.29 is 14.2 Å². The van der Waals surface area contributed by atoms with E-state index in [0.29, 0.717) is 17.8 Å². The number of ether oxygens (including phenoxy) is 1. The van der Waals surface area contributed by atoms with Gasteiger partial charge in [-0.3, -0.25) is 4.99 Å². The molecule has 1 saturated heterocycles. The number of halogens is 1. The minimum atomic E-state index is -0.753. The average molecular weight is 416 g/mol. The topological polar surface area (TPSA) is 82.0 Å². The van der Waals surface area contributed by atoms with Gasteiger partial charge in [-0.1, -0.05) is 6.07 Å². The second-order valence-electron chi connectivity index (χ2n) is 7.23. The number of nitrogens with zero attached hydrogens (tertiary/aromatic N) is 3. The van der Waals surface area contributed by atoms with Crippen molar-refractivity contribution in [3.05, 3.63) is 54.5 Å². The van der Waals surface area contributed by atoms with Crippen LogP contribution in [0.25, 0.3) is 0 Å². The second-order valence-corrected chi connectivity index (χ2v) is 7.23. The Morgan fingerprint density at radius 1 is 1.27 bits per heavy atom. The first kappa shape index (κ1) is 21.8. The Balaban J connectivity index is 1.44. The standard InChI is InChI=1S/C22H30FN5O2/c1-2-24-22(26-15-19(29)16-30-20-8-6-17(23)7-9-20)27-18-10-13-28(14-11-18)21-5-3-4-12-25-21/h3-9,12,18-19,29H,2,10-11,13-16H2,1H3,(H2,24,26,27). The van der Waals surface area contributed by atoms with E-state index in [0.717, 1.165) is 38.3 Å².